The van der Waals surface area contributed by atoms with Crippen molar-refractivity contribution in [2.75, 3.05) is 13.1 Å². The summed E-state index contributed by atoms with van der Waals surface area (Å²) in [5.74, 6) is 0.0220. The van der Waals surface area contributed by atoms with Crippen molar-refractivity contribution < 1.29 is 13.2 Å². The second-order valence-electron chi connectivity index (χ2n) is 7.05. The van der Waals surface area contributed by atoms with Crippen LogP contribution in [0.15, 0.2) is 28.3 Å². The van der Waals surface area contributed by atoms with E-state index in [4.69, 9.17) is 0 Å². The summed E-state index contributed by atoms with van der Waals surface area (Å²) >= 11 is 1.36. The van der Waals surface area contributed by atoms with E-state index in [0.717, 1.165) is 32.1 Å². The molecule has 2 heterocycles. The van der Waals surface area contributed by atoms with Crippen molar-refractivity contribution in [2.24, 2.45) is 0 Å². The van der Waals surface area contributed by atoms with Crippen molar-refractivity contribution in [1.29, 1.82) is 0 Å². The van der Waals surface area contributed by atoms with E-state index in [1.807, 2.05) is 6.92 Å². The summed E-state index contributed by atoms with van der Waals surface area (Å²) in [5.41, 5.74) is 0. The van der Waals surface area contributed by atoms with Crippen molar-refractivity contribution in [2.45, 2.75) is 73.1 Å². The van der Waals surface area contributed by atoms with E-state index in [1.54, 1.807) is 12.1 Å². The fraction of sp³-hybridized carbons (Fsp3) is 0.667. The van der Waals surface area contributed by atoms with Gasteiger partial charge in [0.2, 0.25) is 15.9 Å². The lowest BCUT2D eigenvalue weighted by Gasteiger charge is -2.25. The van der Waals surface area contributed by atoms with Gasteiger partial charge in [0.25, 0.3) is 0 Å². The first-order valence-electron chi connectivity index (χ1n) is 9.40. The maximum Gasteiger partial charge on any atom is 0.244 e. The molecule has 3 rings (SSSR count). The van der Waals surface area contributed by atoms with Crippen LogP contribution in [0.3, 0.4) is 0 Å². The predicted octanol–water partition coefficient (Wildman–Crippen LogP) is 2.80. The molecule has 6 nitrogen and oxygen atoms in total. The van der Waals surface area contributed by atoms with E-state index in [-0.39, 0.29) is 16.1 Å². The Morgan fingerprint density at radius 1 is 1.19 bits per heavy atom. The highest BCUT2D eigenvalue weighted by atomic mass is 32.2. The third kappa shape index (κ3) is 4.78. The number of nitrogens with one attached hydrogen (secondary N) is 1. The van der Waals surface area contributed by atoms with Crippen LogP contribution in [0.1, 0.15) is 51.9 Å². The fourth-order valence-corrected chi connectivity index (χ4v) is 5.73. The normalized spacial score (nSPS) is 20.8. The van der Waals surface area contributed by atoms with Gasteiger partial charge in [-0.1, -0.05) is 31.0 Å². The SMILES string of the molecule is CC(Sc1ccc(S(=O)(=O)N2CCCCC2)cn1)C(=O)NC1CCCC1. The molecule has 1 aromatic rings. The van der Waals surface area contributed by atoms with E-state index in [0.29, 0.717) is 24.2 Å². The molecule has 2 aliphatic rings. The molecule has 0 spiro atoms. The molecule has 1 amide bonds. The lowest BCUT2D eigenvalue weighted by Crippen LogP contribution is -2.37. The molecule has 0 bridgehead atoms. The third-order valence-electron chi connectivity index (χ3n) is 5.03. The van der Waals surface area contributed by atoms with E-state index in [2.05, 4.69) is 10.3 Å². The molecule has 8 heteroatoms. The van der Waals surface area contributed by atoms with E-state index in [1.165, 1.54) is 35.1 Å². The Labute approximate surface area is 160 Å². The summed E-state index contributed by atoms with van der Waals surface area (Å²) in [6.45, 7) is 3.02. The average molecular weight is 398 g/mol. The molecule has 26 heavy (non-hydrogen) atoms. The second kappa shape index (κ2) is 8.71. The number of nitrogens with zero attached hydrogens (tertiary/aromatic N) is 2. The monoisotopic (exact) mass is 397 g/mol. The number of sulfonamides is 1. The first-order chi connectivity index (χ1) is 12.5. The maximum absolute atomic E-state index is 12.6. The number of carbonyl (C=O) groups excluding carboxylic acids is 1. The van der Waals surface area contributed by atoms with Gasteiger partial charge in [0.1, 0.15) is 4.90 Å². The minimum atomic E-state index is -3.46. The van der Waals surface area contributed by atoms with Gasteiger partial charge in [-0.15, -0.1) is 0 Å². The molecule has 1 saturated carbocycles. The number of aromatic nitrogens is 1. The van der Waals surface area contributed by atoms with Crippen LogP contribution in [0.5, 0.6) is 0 Å². The zero-order chi connectivity index (χ0) is 18.6. The van der Waals surface area contributed by atoms with Crippen molar-refractivity contribution in [3.63, 3.8) is 0 Å². The van der Waals surface area contributed by atoms with Gasteiger partial charge in [0.05, 0.1) is 10.3 Å². The smallest absolute Gasteiger partial charge is 0.244 e. The summed E-state index contributed by atoms with van der Waals surface area (Å²) in [4.78, 5) is 16.8. The van der Waals surface area contributed by atoms with Crippen LogP contribution in [0.25, 0.3) is 0 Å². The van der Waals surface area contributed by atoms with Gasteiger partial charge >= 0.3 is 0 Å². The number of rotatable bonds is 6. The molecular weight excluding hydrogens is 370 g/mol. The van der Waals surface area contributed by atoms with Gasteiger partial charge in [0.15, 0.2) is 0 Å². The topological polar surface area (TPSA) is 79.4 Å². The molecule has 1 aliphatic heterocycles. The Bertz CT molecular complexity index is 710. The first-order valence-corrected chi connectivity index (χ1v) is 11.7. The van der Waals surface area contributed by atoms with Crippen molar-refractivity contribution in [3.8, 4) is 0 Å². The number of amides is 1. The van der Waals surface area contributed by atoms with Gasteiger partial charge in [0, 0.05) is 25.3 Å². The molecular formula is C18H27N3O3S2. The van der Waals surface area contributed by atoms with Gasteiger partial charge in [-0.3, -0.25) is 4.79 Å². The van der Waals surface area contributed by atoms with Crippen LogP contribution in [-0.2, 0) is 14.8 Å². The van der Waals surface area contributed by atoms with E-state index >= 15 is 0 Å². The Kier molecular flexibility index (Phi) is 6.58. The summed E-state index contributed by atoms with van der Waals surface area (Å²) in [6, 6.07) is 3.59. The molecule has 144 valence electrons. The Balaban J connectivity index is 1.59. The minimum Gasteiger partial charge on any atom is -0.352 e. The highest BCUT2D eigenvalue weighted by Crippen LogP contribution is 2.25. The standard InChI is InChI=1S/C18H27N3O3S2/c1-14(18(22)20-15-7-3-4-8-15)25-17-10-9-16(13-19-17)26(23,24)21-11-5-2-6-12-21/h9-10,13-15H,2-8,11-12H2,1H3,(H,20,22). The minimum absolute atomic E-state index is 0.0220. The van der Waals surface area contributed by atoms with Gasteiger partial charge in [-0.25, -0.2) is 13.4 Å². The quantitative estimate of drug-likeness (QED) is 0.747. The van der Waals surface area contributed by atoms with Crippen molar-refractivity contribution in [3.05, 3.63) is 18.3 Å². The molecule has 1 unspecified atom stereocenters. The highest BCUT2D eigenvalue weighted by Gasteiger charge is 2.26. The highest BCUT2D eigenvalue weighted by molar-refractivity contribution is 8.00. The summed E-state index contributed by atoms with van der Waals surface area (Å²) in [7, 11) is -3.46. The summed E-state index contributed by atoms with van der Waals surface area (Å²) in [5, 5.41) is 3.49. The number of hydrogen-bond donors (Lipinski definition) is 1. The molecule has 1 aromatic heterocycles. The number of hydrogen-bond acceptors (Lipinski definition) is 5. The lowest BCUT2D eigenvalue weighted by atomic mass is 10.2. The molecule has 0 radical (unpaired) electrons. The molecule has 0 aromatic carbocycles. The molecule has 1 saturated heterocycles. The fourth-order valence-electron chi connectivity index (χ4n) is 3.47. The molecule has 2 fully saturated rings. The van der Waals surface area contributed by atoms with Crippen LogP contribution in [-0.4, -0.2) is 48.0 Å². The molecule has 1 N–H and O–H groups in total. The lowest BCUT2D eigenvalue weighted by molar-refractivity contribution is -0.120. The average Bonchev–Trinajstić information content (AvgIpc) is 3.16. The number of piperidine rings is 1. The Hall–Kier alpha value is -1.12. The molecule has 1 atom stereocenters. The second-order valence-corrected chi connectivity index (χ2v) is 10.3. The van der Waals surface area contributed by atoms with Crippen LogP contribution >= 0.6 is 11.8 Å². The van der Waals surface area contributed by atoms with Crippen molar-refractivity contribution >= 4 is 27.7 Å². The Morgan fingerprint density at radius 2 is 1.88 bits per heavy atom. The first kappa shape index (κ1) is 19.6. The largest absolute Gasteiger partial charge is 0.352 e. The van der Waals surface area contributed by atoms with Crippen LogP contribution in [0.4, 0.5) is 0 Å². The summed E-state index contributed by atoms with van der Waals surface area (Å²) in [6.07, 6.45) is 8.80. The predicted molar refractivity (Wildman–Crippen MR) is 103 cm³/mol. The number of thioether (sulfide) groups is 1. The zero-order valence-corrected chi connectivity index (χ0v) is 16.8. The number of pyridine rings is 1. The van der Waals surface area contributed by atoms with E-state index in [9.17, 15) is 13.2 Å². The number of carbonyl (C=O) groups is 1. The third-order valence-corrected chi connectivity index (χ3v) is 7.96. The maximum atomic E-state index is 12.6. The van der Waals surface area contributed by atoms with Crippen LogP contribution in [0.2, 0.25) is 0 Å². The van der Waals surface area contributed by atoms with Gasteiger partial charge < -0.3 is 5.32 Å². The molecule has 1 aliphatic carbocycles. The zero-order valence-electron chi connectivity index (χ0n) is 15.2. The van der Waals surface area contributed by atoms with Crippen molar-refractivity contribution in [1.82, 2.24) is 14.6 Å². The summed E-state index contributed by atoms with van der Waals surface area (Å²) < 4.78 is 26.8. The van der Waals surface area contributed by atoms with E-state index < -0.39 is 10.0 Å². The van der Waals surface area contributed by atoms with Gasteiger partial charge in [-0.2, -0.15) is 4.31 Å². The van der Waals surface area contributed by atoms with Gasteiger partial charge in [-0.05, 0) is 44.7 Å². The Morgan fingerprint density at radius 3 is 2.50 bits per heavy atom. The van der Waals surface area contributed by atoms with Crippen LogP contribution < -0.4 is 5.32 Å². The van der Waals surface area contributed by atoms with Crippen LogP contribution in [0, 0.1) is 0 Å².